The first-order chi connectivity index (χ1) is 3.98. The van der Waals surface area contributed by atoms with Crippen molar-refractivity contribution in [2.45, 2.75) is 25.4 Å². The van der Waals surface area contributed by atoms with Gasteiger partial charge in [0, 0.05) is 0 Å². The van der Waals surface area contributed by atoms with E-state index in [2.05, 4.69) is 0 Å². The van der Waals surface area contributed by atoms with Crippen LogP contribution in [-0.2, 0) is 4.79 Å². The second-order valence-corrected chi connectivity index (χ2v) is 2.16. The molecule has 0 atom stereocenters. The predicted octanol–water partition coefficient (Wildman–Crippen LogP) is -12.0. The number of carbonyl (C=O) groups is 1. The Balaban J connectivity index is -0.0000000114. The van der Waals surface area contributed by atoms with Crippen LogP contribution in [0.2, 0.25) is 0 Å². The van der Waals surface area contributed by atoms with Gasteiger partial charge < -0.3 is 22.3 Å². The summed E-state index contributed by atoms with van der Waals surface area (Å²) in [5.74, 6) is -0.957. The van der Waals surface area contributed by atoms with Crippen LogP contribution in [0.15, 0.2) is 0 Å². The number of rotatable bonds is 3. The van der Waals surface area contributed by atoms with E-state index in [1.165, 1.54) is 0 Å². The van der Waals surface area contributed by atoms with Crippen molar-refractivity contribution in [1.82, 2.24) is 0 Å². The van der Waals surface area contributed by atoms with Crippen molar-refractivity contribution in [3.8, 4) is 0 Å². The molecular weight excluding hydrogens is 212 g/mol. The van der Waals surface area contributed by atoms with Crippen LogP contribution in [0.5, 0.6) is 0 Å². The van der Waals surface area contributed by atoms with Crippen molar-refractivity contribution in [3.05, 3.63) is 0 Å². The van der Waals surface area contributed by atoms with E-state index in [4.69, 9.17) is 16.6 Å². The minimum Gasteiger partial charge on any atom is -1.00 e. The minimum atomic E-state index is -1.04. The zero-order valence-electron chi connectivity index (χ0n) is 13.4. The van der Waals surface area contributed by atoms with Gasteiger partial charge in [0.2, 0.25) is 0 Å². The third-order valence-corrected chi connectivity index (χ3v) is 1.14. The predicted molar refractivity (Wildman–Crippen MR) is 38.1 cm³/mol. The van der Waals surface area contributed by atoms with Crippen molar-refractivity contribution >= 4 is 5.97 Å². The molecule has 0 aliphatic heterocycles. The van der Waals surface area contributed by atoms with E-state index in [1.54, 1.807) is 6.92 Å². The number of hydrogen-bond donors (Lipinski definition) is 3. The maximum absolute atomic E-state index is 10.0. The van der Waals surface area contributed by atoms with Crippen LogP contribution in [0.3, 0.4) is 0 Å². The van der Waals surface area contributed by atoms with Gasteiger partial charge in [-0.15, -0.1) is 0 Å². The molecule has 0 fully saturated rings. The van der Waals surface area contributed by atoms with E-state index in [1.807, 2.05) is 0 Å². The number of hydrogen-bond acceptors (Lipinski definition) is 3. The summed E-state index contributed by atoms with van der Waals surface area (Å²) in [4.78, 5) is 10.0. The van der Waals surface area contributed by atoms with Crippen LogP contribution in [0.1, 0.15) is 25.5 Å². The van der Waals surface area contributed by atoms with Crippen molar-refractivity contribution in [1.29, 1.82) is 0 Å². The molecule has 8 heteroatoms. The molecule has 13 heavy (non-hydrogen) atoms. The maximum atomic E-state index is 10.0. The zero-order chi connectivity index (χ0) is 7.49. The minimum absolute atomic E-state index is 0. The monoisotopic (exact) mass is 228 g/mol. The summed E-state index contributed by atoms with van der Waals surface area (Å²) < 4.78 is 0. The van der Waals surface area contributed by atoms with E-state index in [9.17, 15) is 4.79 Å². The standard InChI is InChI=1S/C5H12N2O2.4Na.4H/c1-2-5(6,7)3-4(8)9;;;;;;;;/h2-3,6-7H2,1H3,(H,8,9);;;;;;;;/q;4*+1;4*-1. The van der Waals surface area contributed by atoms with Gasteiger partial charge in [-0.25, -0.2) is 0 Å². The molecule has 0 saturated carbocycles. The first-order valence-corrected chi connectivity index (χ1v) is 2.77. The second kappa shape index (κ2) is 15.4. The number of aliphatic carboxylic acids is 1. The van der Waals surface area contributed by atoms with Crippen molar-refractivity contribution in [3.63, 3.8) is 0 Å². The Hall–Kier alpha value is 3.39. The van der Waals surface area contributed by atoms with Crippen molar-refractivity contribution < 1.29 is 134 Å². The second-order valence-electron chi connectivity index (χ2n) is 2.16. The van der Waals surface area contributed by atoms with E-state index < -0.39 is 11.6 Å². The Labute approximate surface area is 173 Å². The molecule has 62 valence electrons. The Bertz CT molecular complexity index is 136. The molecule has 0 heterocycles. The molecule has 0 radical (unpaired) electrons. The van der Waals surface area contributed by atoms with E-state index in [0.29, 0.717) is 6.42 Å². The molecule has 0 aliphatic rings. The van der Waals surface area contributed by atoms with Crippen LogP contribution in [0.25, 0.3) is 0 Å². The summed E-state index contributed by atoms with van der Waals surface area (Å²) in [5, 5.41) is 8.22. The van der Waals surface area contributed by atoms with Gasteiger partial charge in [-0.3, -0.25) is 4.79 Å². The van der Waals surface area contributed by atoms with Gasteiger partial charge in [0.1, 0.15) is 0 Å². The average Bonchev–Trinajstić information content (AvgIpc) is 1.63. The van der Waals surface area contributed by atoms with Gasteiger partial charge in [0.15, 0.2) is 0 Å². The first-order valence-electron chi connectivity index (χ1n) is 2.77. The van der Waals surface area contributed by atoms with Gasteiger partial charge >= 0.3 is 124 Å². The zero-order valence-corrected chi connectivity index (χ0v) is 17.4. The Morgan fingerprint density at radius 2 is 1.62 bits per heavy atom. The number of carboxylic acids is 1. The molecule has 0 unspecified atom stereocenters. The topological polar surface area (TPSA) is 89.3 Å². The fourth-order valence-corrected chi connectivity index (χ4v) is 0.407. The maximum Gasteiger partial charge on any atom is 1.00 e. The fourth-order valence-electron chi connectivity index (χ4n) is 0.407. The van der Waals surface area contributed by atoms with Crippen LogP contribution in [-0.4, -0.2) is 16.7 Å². The number of nitrogens with two attached hydrogens (primary N) is 2. The Kier molecular flexibility index (Phi) is 35.4. The summed E-state index contributed by atoms with van der Waals surface area (Å²) >= 11 is 0. The van der Waals surface area contributed by atoms with Gasteiger partial charge in [-0.1, -0.05) is 6.92 Å². The summed E-state index contributed by atoms with van der Waals surface area (Å²) in [5.41, 5.74) is 9.59. The molecule has 0 spiro atoms. The quantitative estimate of drug-likeness (QED) is 0.330. The van der Waals surface area contributed by atoms with Gasteiger partial charge in [-0.2, -0.15) is 0 Å². The molecule has 0 aliphatic carbocycles. The molecule has 0 aromatic rings. The third kappa shape index (κ3) is 21.3. The normalized spacial score (nSPS) is 7.92. The molecule has 4 nitrogen and oxygen atoms in total. The van der Waals surface area contributed by atoms with Crippen molar-refractivity contribution in [2.75, 3.05) is 0 Å². The largest absolute Gasteiger partial charge is 1.00 e. The van der Waals surface area contributed by atoms with E-state index >= 15 is 0 Å². The van der Waals surface area contributed by atoms with Gasteiger partial charge in [-0.05, 0) is 6.42 Å². The molecule has 0 bridgehead atoms. The van der Waals surface area contributed by atoms with Crippen LogP contribution < -0.4 is 130 Å². The van der Waals surface area contributed by atoms with E-state index in [-0.39, 0.29) is 130 Å². The molecule has 0 amide bonds. The summed E-state index contributed by atoms with van der Waals surface area (Å²) in [7, 11) is 0. The van der Waals surface area contributed by atoms with Gasteiger partial charge in [0.05, 0.1) is 12.1 Å². The number of carboxylic acid groups (broad SMARTS) is 1. The molecule has 5 N–H and O–H groups in total. The molecule has 0 aromatic heterocycles. The summed E-state index contributed by atoms with van der Waals surface area (Å²) in [6, 6.07) is 0. The SMILES string of the molecule is CCC(N)(N)CC(=O)O.[H-].[H-].[H-].[H-].[Na+].[Na+].[Na+].[Na+]. The molecule has 0 aromatic carbocycles. The fraction of sp³-hybridized carbons (Fsp3) is 0.800. The summed E-state index contributed by atoms with van der Waals surface area (Å²) in [6.45, 7) is 1.75. The van der Waals surface area contributed by atoms with Crippen LogP contribution in [0, 0.1) is 0 Å². The smallest absolute Gasteiger partial charge is 1.00 e. The first kappa shape index (κ1) is 29.9. The molecule has 0 rings (SSSR count). The third-order valence-electron chi connectivity index (χ3n) is 1.14. The Morgan fingerprint density at radius 1 is 1.31 bits per heavy atom. The summed E-state index contributed by atoms with van der Waals surface area (Å²) in [6.07, 6.45) is 0.294. The van der Waals surface area contributed by atoms with Crippen LogP contribution >= 0.6 is 0 Å². The van der Waals surface area contributed by atoms with Crippen LogP contribution in [0.4, 0.5) is 0 Å². The average molecular weight is 228 g/mol. The van der Waals surface area contributed by atoms with E-state index in [0.717, 1.165) is 0 Å². The van der Waals surface area contributed by atoms with Gasteiger partial charge in [0.25, 0.3) is 0 Å². The van der Waals surface area contributed by atoms with Crippen molar-refractivity contribution in [2.24, 2.45) is 11.5 Å². The molecule has 0 saturated heterocycles. The molecular formula is C5H16N2Na4O2. The Morgan fingerprint density at radius 3 is 1.69 bits per heavy atom.